The van der Waals surface area contributed by atoms with Crippen LogP contribution in [0.5, 0.6) is 5.75 Å². The van der Waals surface area contributed by atoms with Crippen LogP contribution in [0.3, 0.4) is 0 Å². The van der Waals surface area contributed by atoms with Gasteiger partial charge in [0.2, 0.25) is 100 Å². The number of aromatic amines is 2. The molecule has 43 nitrogen and oxygen atoms in total. The Bertz CT molecular complexity index is 4820. The lowest BCUT2D eigenvalue weighted by molar-refractivity contribution is -0.146. The summed E-state index contributed by atoms with van der Waals surface area (Å²) in [7, 11) is 3.79. The van der Waals surface area contributed by atoms with Crippen LogP contribution in [-0.4, -0.2) is 320 Å². The summed E-state index contributed by atoms with van der Waals surface area (Å²) in [4.78, 5) is 257. The van der Waals surface area contributed by atoms with Crippen molar-refractivity contribution in [1.29, 1.82) is 5.41 Å². The number of H-pyrrole nitrogens is 2. The summed E-state index contributed by atoms with van der Waals surface area (Å²) in [6.07, 6.45) is 2.10. The summed E-state index contributed by atoms with van der Waals surface area (Å²) in [5.41, 5.74) is 25.5. The number of nitrogens with two attached hydrogens (primary N) is 4. The highest BCUT2D eigenvalue weighted by atomic mass is 32.2. The van der Waals surface area contributed by atoms with E-state index in [1.165, 1.54) is 52.3 Å². The first kappa shape index (κ1) is 100. The van der Waals surface area contributed by atoms with E-state index in [1.807, 2.05) is 0 Å². The lowest BCUT2D eigenvalue weighted by atomic mass is 10.0. The van der Waals surface area contributed by atoms with Crippen LogP contribution in [-0.2, 0) is 101 Å². The Balaban J connectivity index is 1.15. The van der Waals surface area contributed by atoms with Gasteiger partial charge in [-0.05, 0) is 119 Å². The van der Waals surface area contributed by atoms with Crippen LogP contribution in [0.1, 0.15) is 114 Å². The number of phenolic OH excluding ortho intramolecular Hbond substituents is 1. The zero-order valence-corrected chi connectivity index (χ0v) is 73.0. The van der Waals surface area contributed by atoms with Crippen LogP contribution < -0.4 is 81.4 Å². The zero-order chi connectivity index (χ0) is 93.6. The van der Waals surface area contributed by atoms with E-state index in [9.17, 15) is 72.9 Å². The number of phenols is 1. The standard InChI is InChI=1S/C84H119N23O20S/c1-6-7-22-64-76(120)100-61(38-67(86)111)83(127)107-33-15-24-66(107)78(122)101-62(43-109)75(119)97-57(29-34-108)82(126)106-32-14-23-65(106)77(121)98-58(36-48-39-91-53-18-10-8-16-51(48)53)74(118)96-56(20-12-30-85)73(117)99-60(37-49-40-92-54-19-11-9-17-52(49)54)80(124)104(4)46(2)79(123)103(3)42-69(113)94-55(21-13-31-90-84(88)89)72(116)102-63(71(115)93-41-68(87)112)44-128-45-70(114)95-59(81(125)105(64)5)35-47-25-27-50(110)28-26-47/h8-11,16-19,25-28,39-40,46,55-66,91-92,108-110H,6-7,12-15,20-24,29-38,41-45,85H2,1-5H3,(H2,86,111)(H2,87,112)(H,93,115)(H,94,113)(H,95,114)(H,96,118)(H,97,119)(H,98,121)(H,99,117)(H,100,120)(H,101,122)(H,102,116)(H4,88,89,90)/t46-,55-,56-,57-,58-,59-,60-,61-,62-,63?,64-,65-,66-/m0/s1. The molecule has 3 fully saturated rings. The molecule has 3 aliphatic heterocycles. The van der Waals surface area contributed by atoms with E-state index in [4.69, 9.17) is 28.3 Å². The molecule has 1 unspecified atom stereocenters. The number of benzene rings is 3. The maximum Gasteiger partial charge on any atom is 0.246 e. The van der Waals surface area contributed by atoms with Crippen molar-refractivity contribution in [2.24, 2.45) is 22.9 Å². The van der Waals surface area contributed by atoms with Gasteiger partial charge in [0.25, 0.3) is 0 Å². The van der Waals surface area contributed by atoms with E-state index in [0.29, 0.717) is 44.9 Å². The van der Waals surface area contributed by atoms with Gasteiger partial charge in [-0.25, -0.2) is 0 Å². The summed E-state index contributed by atoms with van der Waals surface area (Å²) >= 11 is 0.756. The number of hydrogen-bond acceptors (Lipinski definition) is 23. The van der Waals surface area contributed by atoms with Gasteiger partial charge in [0, 0.05) is 107 Å². The molecule has 44 heteroatoms. The lowest BCUT2D eigenvalue weighted by Gasteiger charge is -2.33. The molecule has 3 saturated heterocycles. The van der Waals surface area contributed by atoms with Gasteiger partial charge in [0.15, 0.2) is 5.96 Å². The van der Waals surface area contributed by atoms with Crippen molar-refractivity contribution < 1.29 is 96.8 Å². The summed E-state index contributed by atoms with van der Waals surface area (Å²) < 4.78 is 0. The number of aromatic nitrogens is 2. The van der Waals surface area contributed by atoms with Crippen molar-refractivity contribution in [2.45, 2.75) is 195 Å². The van der Waals surface area contributed by atoms with Crippen molar-refractivity contribution in [1.82, 2.24) is 93.0 Å². The SMILES string of the molecule is CCCC[C@H]1C(=O)N[C@@H](CC(N)=O)C(=O)N2CCC[C@H]2C(=O)N[C@@H](CO)C(=O)N[C@@H](CCO)C(=O)N2CCC[C@H]2C(=O)N[C@@H](Cc2c[nH]c3ccccc23)C(=O)N[C@@H](CCCN)C(=O)N[C@@H](Cc2c[nH]c3ccccc23)C(=O)N(C)[C@@H](C)C(=O)N(C)CC(=O)N[C@@H](CCCNC(=N)N)C(=O)NC(C(=O)NCC(N)=O)CSCC(=O)N[C@@H](Cc2ccc(O)cc2)C(=O)N1C. The third-order valence-corrected chi connectivity index (χ3v) is 23.6. The largest absolute Gasteiger partial charge is 0.508 e. The Kier molecular flexibility index (Phi) is 38.2. The van der Waals surface area contributed by atoms with Crippen molar-refractivity contribution in [3.8, 4) is 5.75 Å². The first-order valence-corrected chi connectivity index (χ1v) is 43.6. The van der Waals surface area contributed by atoms with Crippen LogP contribution in [0.15, 0.2) is 85.2 Å². The second-order valence-electron chi connectivity index (χ2n) is 32.0. The molecular formula is C84H119N23O20S. The number of guanidine groups is 1. The van der Waals surface area contributed by atoms with Crippen LogP contribution in [0.2, 0.25) is 0 Å². The Hall–Kier alpha value is -13.0. The number of amides is 17. The van der Waals surface area contributed by atoms with Gasteiger partial charge in [-0.15, -0.1) is 11.8 Å². The Morgan fingerprint density at radius 2 is 1.03 bits per heavy atom. The molecule has 5 aromatic rings. The summed E-state index contributed by atoms with van der Waals surface area (Å²) in [5.74, 6) is -17.6. The molecule has 0 bridgehead atoms. The molecule has 0 saturated carbocycles. The molecule has 25 N–H and O–H groups in total. The van der Waals surface area contributed by atoms with Crippen molar-refractivity contribution in [3.05, 3.63) is 102 Å². The molecule has 8 rings (SSSR count). The van der Waals surface area contributed by atoms with E-state index in [-0.39, 0.29) is 115 Å². The highest BCUT2D eigenvalue weighted by Crippen LogP contribution is 2.27. The molecular weight excluding hydrogens is 1680 g/mol. The zero-order valence-electron chi connectivity index (χ0n) is 72.2. The number of aliphatic hydroxyl groups is 2. The maximum atomic E-state index is 15.3. The molecule has 2 aromatic heterocycles. The van der Waals surface area contributed by atoms with E-state index in [1.54, 1.807) is 67.8 Å². The molecule has 3 aliphatic rings. The van der Waals surface area contributed by atoms with Gasteiger partial charge in [0.05, 0.1) is 31.9 Å². The van der Waals surface area contributed by atoms with Crippen LogP contribution in [0, 0.1) is 5.41 Å². The fraction of sp³-hybridized carbons (Fsp3) is 0.524. The van der Waals surface area contributed by atoms with E-state index >= 15 is 24.0 Å². The van der Waals surface area contributed by atoms with Gasteiger partial charge in [-0.2, -0.15) is 0 Å². The van der Waals surface area contributed by atoms with E-state index in [2.05, 4.69) is 68.5 Å². The number of nitrogens with zero attached hydrogens (tertiary/aromatic N) is 5. The van der Waals surface area contributed by atoms with Crippen molar-refractivity contribution in [2.75, 3.05) is 85.1 Å². The van der Waals surface area contributed by atoms with Crippen molar-refractivity contribution in [3.63, 3.8) is 0 Å². The second kappa shape index (κ2) is 48.7. The maximum absolute atomic E-state index is 15.3. The summed E-state index contributed by atoms with van der Waals surface area (Å²) in [6.45, 7) is -0.374. The molecule has 3 aromatic carbocycles. The molecule has 17 amide bonds. The number of likely N-dealkylation sites (N-methyl/N-ethyl adjacent to an activating group) is 3. The Morgan fingerprint density at radius 3 is 1.61 bits per heavy atom. The molecule has 696 valence electrons. The number of primary amides is 2. The second-order valence-corrected chi connectivity index (χ2v) is 33.0. The quantitative estimate of drug-likeness (QED) is 0.0156. The van der Waals surface area contributed by atoms with Gasteiger partial charge in [0.1, 0.15) is 84.3 Å². The predicted molar refractivity (Wildman–Crippen MR) is 468 cm³/mol. The van der Waals surface area contributed by atoms with Crippen molar-refractivity contribution >= 4 is 140 Å². The number of unbranched alkanes of at least 4 members (excludes halogenated alkanes) is 1. The van der Waals surface area contributed by atoms with Gasteiger partial charge in [-0.1, -0.05) is 68.3 Å². The molecule has 5 heterocycles. The average molecular weight is 1800 g/mol. The van der Waals surface area contributed by atoms with E-state index < -0.39 is 236 Å². The van der Waals surface area contributed by atoms with Gasteiger partial charge in [-0.3, -0.25) is 86.9 Å². The third kappa shape index (κ3) is 28.3. The lowest BCUT2D eigenvalue weighted by Crippen LogP contribution is -2.61. The van der Waals surface area contributed by atoms with E-state index in [0.717, 1.165) is 36.3 Å². The number of para-hydroxylation sites is 2. The number of thioether (sulfide) groups is 1. The molecule has 13 atom stereocenters. The third-order valence-electron chi connectivity index (χ3n) is 22.5. The number of aliphatic hydroxyl groups excluding tert-OH is 2. The number of carbonyl (C=O) groups is 17. The fourth-order valence-corrected chi connectivity index (χ4v) is 16.4. The smallest absolute Gasteiger partial charge is 0.246 e. The normalized spacial score (nSPS) is 24.2. The highest BCUT2D eigenvalue weighted by molar-refractivity contribution is 8.00. The molecule has 0 aliphatic carbocycles. The van der Waals surface area contributed by atoms with Crippen LogP contribution >= 0.6 is 11.8 Å². The molecule has 128 heavy (non-hydrogen) atoms. The number of carbonyl (C=O) groups excluding carboxylic acids is 17. The number of aromatic hydroxyl groups is 1. The summed E-state index contributed by atoms with van der Waals surface area (Å²) in [5, 5.41) is 69.0. The fourth-order valence-electron chi connectivity index (χ4n) is 15.5. The first-order chi connectivity index (χ1) is 61.1. The van der Waals surface area contributed by atoms with Crippen LogP contribution in [0.25, 0.3) is 21.8 Å². The minimum atomic E-state index is -1.84. The number of rotatable bonds is 24. The van der Waals surface area contributed by atoms with Gasteiger partial charge < -0.3 is 131 Å². The summed E-state index contributed by atoms with van der Waals surface area (Å²) in [6, 6.07) is -0.292. The molecule has 0 spiro atoms. The minimum absolute atomic E-state index is 0.00785. The molecule has 0 radical (unpaired) electrons. The number of fused-ring (bicyclic) bond motifs is 4. The number of hydrogen-bond donors (Lipinski definition) is 21. The Morgan fingerprint density at radius 1 is 0.523 bits per heavy atom. The highest BCUT2D eigenvalue weighted by Gasteiger charge is 2.45. The Labute approximate surface area is 742 Å². The van der Waals surface area contributed by atoms with Crippen LogP contribution in [0.4, 0.5) is 0 Å². The predicted octanol–water partition coefficient (Wildman–Crippen LogP) is -5.35. The average Bonchev–Trinajstić information content (AvgIpc) is 1.73. The van der Waals surface area contributed by atoms with Gasteiger partial charge >= 0.3 is 0 Å². The topological polar surface area (TPSA) is 659 Å². The minimum Gasteiger partial charge on any atom is -0.508 e. The first-order valence-electron chi connectivity index (χ1n) is 42.5. The monoisotopic (exact) mass is 1800 g/mol. The number of nitrogens with one attached hydrogen (secondary N) is 14.